The highest BCUT2D eigenvalue weighted by molar-refractivity contribution is 6.18. The zero-order valence-corrected chi connectivity index (χ0v) is 27.3. The number of carbonyl (C=O) groups excluding carboxylic acids is 3. The van der Waals surface area contributed by atoms with Gasteiger partial charge in [-0.2, -0.15) is 0 Å². The molecule has 0 aliphatic heterocycles. The number of aliphatic hydroxyl groups is 2. The largest absolute Gasteiger partial charge is 0.458 e. The maximum atomic E-state index is 13.5. The maximum absolute atomic E-state index is 13.5. The van der Waals surface area contributed by atoms with E-state index in [1.165, 1.54) is 0 Å². The number of esters is 1. The van der Waals surface area contributed by atoms with Crippen molar-refractivity contribution in [3.63, 3.8) is 0 Å². The Morgan fingerprint density at radius 2 is 1.80 bits per heavy atom. The van der Waals surface area contributed by atoms with Crippen molar-refractivity contribution in [1.82, 2.24) is 0 Å². The van der Waals surface area contributed by atoms with Crippen molar-refractivity contribution in [1.29, 1.82) is 0 Å². The van der Waals surface area contributed by atoms with E-state index in [1.54, 1.807) is 12.2 Å². The monoisotopic (exact) mass is 645 g/mol. The van der Waals surface area contributed by atoms with Gasteiger partial charge < -0.3 is 19.8 Å². The number of aryl methyl sites for hydroxylation is 1. The van der Waals surface area contributed by atoms with Crippen LogP contribution in [0.5, 0.6) is 0 Å². The number of ether oxygens (including phenoxy) is 1. The van der Waals surface area contributed by atoms with Crippen molar-refractivity contribution < 1.29 is 29.3 Å². The number of alkyl halides is 2. The van der Waals surface area contributed by atoms with Gasteiger partial charge in [0.25, 0.3) is 0 Å². The minimum atomic E-state index is -1.66. The Kier molecular flexibility index (Phi) is 10.0. The molecule has 5 rings (SSSR count). The van der Waals surface area contributed by atoms with Gasteiger partial charge in [0, 0.05) is 53.7 Å². The van der Waals surface area contributed by atoms with E-state index in [0.717, 1.165) is 29.7 Å². The lowest BCUT2D eigenvalue weighted by atomic mass is 9.46. The minimum absolute atomic E-state index is 0.0103. The number of benzene rings is 1. The van der Waals surface area contributed by atoms with Crippen LogP contribution in [0.25, 0.3) is 0 Å². The molecule has 1 aromatic carbocycles. The van der Waals surface area contributed by atoms with Crippen molar-refractivity contribution in [2.45, 2.75) is 76.9 Å². The third kappa shape index (κ3) is 6.02. The van der Waals surface area contributed by atoms with Crippen LogP contribution < -0.4 is 4.90 Å². The van der Waals surface area contributed by atoms with Crippen LogP contribution in [-0.2, 0) is 25.5 Å². The second-order valence-electron chi connectivity index (χ2n) is 13.6. The lowest BCUT2D eigenvalue weighted by Crippen LogP contribution is -2.61. The molecule has 240 valence electrons. The number of allylic oxidation sites excluding steroid dienone is 4. The molecule has 0 heterocycles. The number of nitrogens with zero attached hydrogens (tertiary/aromatic N) is 1. The molecule has 4 aliphatic rings. The smallest absolute Gasteiger partial charge is 0.306 e. The van der Waals surface area contributed by atoms with Crippen molar-refractivity contribution in [3.05, 3.63) is 53.6 Å². The molecule has 3 fully saturated rings. The van der Waals surface area contributed by atoms with E-state index < -0.39 is 40.9 Å². The molecule has 9 heteroatoms. The molecule has 0 saturated heterocycles. The summed E-state index contributed by atoms with van der Waals surface area (Å²) in [6, 6.07) is 8.12. The van der Waals surface area contributed by atoms with Crippen molar-refractivity contribution in [3.8, 4) is 0 Å². The molecule has 7 atom stereocenters. The first kappa shape index (κ1) is 33.2. The first-order valence-electron chi connectivity index (χ1n) is 16.0. The number of aliphatic hydroxyl groups excluding tert-OH is 1. The fourth-order valence-corrected chi connectivity index (χ4v) is 9.42. The number of halogens is 2. The standard InChI is InChI=1S/C35H45Cl2NO6/c1-33-14-12-26(39)20-24(33)8-11-27-28-13-15-35(43,34(28,2)21-29(40)32(27)33)30(41)22-44-31(42)5-3-4-23-6-9-25(10-7-23)38(18-16-36)19-17-37/h6-7,9-10,12,14,20,27-29,32,40,43H,3-5,8,11,13,15-19,21-22H2,1-2H3/t27-,28-,29+,32+,33-,34-,35-/m0/s1. The van der Waals surface area contributed by atoms with E-state index in [2.05, 4.69) is 11.8 Å². The Morgan fingerprint density at radius 1 is 1.09 bits per heavy atom. The first-order chi connectivity index (χ1) is 21.0. The van der Waals surface area contributed by atoms with Gasteiger partial charge in [-0.05, 0) is 86.6 Å². The highest BCUT2D eigenvalue weighted by atomic mass is 35.5. The van der Waals surface area contributed by atoms with E-state index in [9.17, 15) is 24.6 Å². The predicted octanol–water partition coefficient (Wildman–Crippen LogP) is 5.42. The van der Waals surface area contributed by atoms with E-state index in [0.29, 0.717) is 44.1 Å². The van der Waals surface area contributed by atoms with Gasteiger partial charge in [0.2, 0.25) is 5.78 Å². The van der Waals surface area contributed by atoms with Crippen molar-refractivity contribution in [2.24, 2.45) is 28.6 Å². The molecule has 0 aromatic heterocycles. The molecule has 0 bridgehead atoms. The topological polar surface area (TPSA) is 104 Å². The first-order valence-corrected chi connectivity index (χ1v) is 17.0. The lowest BCUT2D eigenvalue weighted by molar-refractivity contribution is -0.181. The minimum Gasteiger partial charge on any atom is -0.458 e. The molecule has 7 nitrogen and oxygen atoms in total. The van der Waals surface area contributed by atoms with Gasteiger partial charge in [-0.3, -0.25) is 14.4 Å². The van der Waals surface area contributed by atoms with Crippen LogP contribution in [-0.4, -0.2) is 70.9 Å². The molecule has 0 radical (unpaired) electrons. The molecule has 0 unspecified atom stereocenters. The van der Waals surface area contributed by atoms with Gasteiger partial charge in [0.05, 0.1) is 6.10 Å². The van der Waals surface area contributed by atoms with Crippen molar-refractivity contribution in [2.75, 3.05) is 36.4 Å². The van der Waals surface area contributed by atoms with Gasteiger partial charge in [0.15, 0.2) is 12.4 Å². The van der Waals surface area contributed by atoms with Crippen LogP contribution in [0.3, 0.4) is 0 Å². The van der Waals surface area contributed by atoms with Crippen LogP contribution >= 0.6 is 23.2 Å². The van der Waals surface area contributed by atoms with Crippen LogP contribution in [0.2, 0.25) is 0 Å². The third-order valence-electron chi connectivity index (χ3n) is 11.3. The summed E-state index contributed by atoms with van der Waals surface area (Å²) < 4.78 is 5.39. The number of fused-ring (bicyclic) bond motifs is 5. The van der Waals surface area contributed by atoms with Gasteiger partial charge in [-0.1, -0.05) is 37.6 Å². The molecule has 0 spiro atoms. The average Bonchev–Trinajstić information content (AvgIpc) is 3.27. The fraction of sp³-hybridized carbons (Fsp3) is 0.629. The normalized spacial score (nSPS) is 34.0. The zero-order valence-electron chi connectivity index (χ0n) is 25.8. The summed E-state index contributed by atoms with van der Waals surface area (Å²) in [5.74, 6) is 0.166. The second kappa shape index (κ2) is 13.3. The van der Waals surface area contributed by atoms with E-state index in [-0.39, 0.29) is 42.8 Å². The summed E-state index contributed by atoms with van der Waals surface area (Å²) in [5.41, 5.74) is 0.321. The lowest BCUT2D eigenvalue weighted by Gasteiger charge is -2.59. The number of hydrogen-bond donors (Lipinski definition) is 2. The second-order valence-corrected chi connectivity index (χ2v) is 14.3. The highest BCUT2D eigenvalue weighted by Crippen LogP contribution is 2.67. The third-order valence-corrected chi connectivity index (χ3v) is 11.7. The van der Waals surface area contributed by atoms with E-state index >= 15 is 0 Å². The predicted molar refractivity (Wildman–Crippen MR) is 172 cm³/mol. The van der Waals surface area contributed by atoms with Crippen LogP contribution in [0.4, 0.5) is 5.69 Å². The molecule has 4 aliphatic carbocycles. The van der Waals surface area contributed by atoms with Gasteiger partial charge >= 0.3 is 5.97 Å². The molecular formula is C35H45Cl2NO6. The fourth-order valence-electron chi connectivity index (χ4n) is 9.01. The van der Waals surface area contributed by atoms with Crippen LogP contribution in [0, 0.1) is 28.6 Å². The molecule has 3 saturated carbocycles. The summed E-state index contributed by atoms with van der Waals surface area (Å²) in [4.78, 5) is 40.3. The van der Waals surface area contributed by atoms with Crippen LogP contribution in [0.1, 0.15) is 64.4 Å². The van der Waals surface area contributed by atoms with Gasteiger partial charge in [-0.25, -0.2) is 0 Å². The molecule has 1 aromatic rings. The summed E-state index contributed by atoms with van der Waals surface area (Å²) in [6.07, 6.45) is 8.81. The highest BCUT2D eigenvalue weighted by Gasteiger charge is 2.68. The molecule has 0 amide bonds. The SMILES string of the molecule is C[C@]12C=CC(=O)C=C1CC[C@@H]1[C@@H]2[C@H](O)C[C@@]2(C)[C@H]1CC[C@]2(O)C(=O)COC(=O)CCCc1ccc(N(CCCl)CCCl)cc1. The number of carbonyl (C=O) groups is 3. The van der Waals surface area contributed by atoms with Crippen molar-refractivity contribution >= 4 is 46.4 Å². The van der Waals surface area contributed by atoms with E-state index in [1.807, 2.05) is 37.3 Å². The number of Topliss-reactive ketones (excluding diaryl/α,β-unsaturated/α-hetero) is 1. The van der Waals surface area contributed by atoms with Crippen LogP contribution in [0.15, 0.2) is 48.1 Å². The van der Waals surface area contributed by atoms with Gasteiger partial charge in [-0.15, -0.1) is 23.2 Å². The Morgan fingerprint density at radius 3 is 2.48 bits per heavy atom. The molecule has 44 heavy (non-hydrogen) atoms. The summed E-state index contributed by atoms with van der Waals surface area (Å²) in [7, 11) is 0. The molecular weight excluding hydrogens is 601 g/mol. The number of rotatable bonds is 12. The Labute approximate surface area is 270 Å². The average molecular weight is 647 g/mol. The molecule has 2 N–H and O–H groups in total. The van der Waals surface area contributed by atoms with E-state index in [4.69, 9.17) is 27.9 Å². The maximum Gasteiger partial charge on any atom is 0.306 e. The number of hydrogen-bond acceptors (Lipinski definition) is 7. The Bertz CT molecular complexity index is 1310. The number of ketones is 2. The summed E-state index contributed by atoms with van der Waals surface area (Å²) in [6.45, 7) is 4.99. The zero-order chi connectivity index (χ0) is 31.7. The number of anilines is 1. The summed E-state index contributed by atoms with van der Waals surface area (Å²) >= 11 is 11.8. The summed E-state index contributed by atoms with van der Waals surface area (Å²) in [5, 5.41) is 23.4. The Balaban J connectivity index is 1.15. The Hall–Kier alpha value is -2.19. The quantitative estimate of drug-likeness (QED) is 0.231. The van der Waals surface area contributed by atoms with Gasteiger partial charge in [0.1, 0.15) is 5.60 Å².